The van der Waals surface area contributed by atoms with Crippen molar-refractivity contribution < 1.29 is 14.7 Å². The van der Waals surface area contributed by atoms with Gasteiger partial charge in [-0.15, -0.1) is 0 Å². The van der Waals surface area contributed by atoms with Crippen LogP contribution in [0.25, 0.3) is 0 Å². The molecule has 0 aliphatic rings. The summed E-state index contributed by atoms with van der Waals surface area (Å²) in [6.45, 7) is 4.05. The molecular formula is C21H25NO3. The zero-order chi connectivity index (χ0) is 18.2. The second kappa shape index (κ2) is 9.02. The number of carbonyl (C=O) groups excluding carboxylic acids is 1. The molecule has 0 saturated carbocycles. The Morgan fingerprint density at radius 2 is 1.72 bits per heavy atom. The first-order chi connectivity index (χ1) is 11.9. The van der Waals surface area contributed by atoms with E-state index in [0.717, 1.165) is 23.1 Å². The van der Waals surface area contributed by atoms with Gasteiger partial charge in [0.25, 0.3) is 0 Å². The summed E-state index contributed by atoms with van der Waals surface area (Å²) < 4.78 is 0. The molecule has 2 aromatic rings. The number of carboxylic acid groups (broad SMARTS) is 1. The van der Waals surface area contributed by atoms with Crippen molar-refractivity contribution in [2.45, 2.75) is 45.6 Å². The number of nitrogens with one attached hydrogen (secondary N) is 1. The number of carbonyl (C=O) groups is 2. The van der Waals surface area contributed by atoms with Gasteiger partial charge >= 0.3 is 5.97 Å². The number of aryl methyl sites for hydroxylation is 3. The molecule has 132 valence electrons. The normalized spacial score (nSPS) is 11.8. The van der Waals surface area contributed by atoms with Crippen molar-refractivity contribution in [2.75, 3.05) is 0 Å². The van der Waals surface area contributed by atoms with Crippen LogP contribution in [0, 0.1) is 13.8 Å². The number of hydrogen-bond acceptors (Lipinski definition) is 2. The molecule has 0 aromatic heterocycles. The monoisotopic (exact) mass is 339 g/mol. The summed E-state index contributed by atoms with van der Waals surface area (Å²) >= 11 is 0. The van der Waals surface area contributed by atoms with Crippen molar-refractivity contribution in [1.82, 2.24) is 5.32 Å². The van der Waals surface area contributed by atoms with Gasteiger partial charge in [-0.2, -0.15) is 0 Å². The van der Waals surface area contributed by atoms with E-state index in [1.54, 1.807) is 0 Å². The van der Waals surface area contributed by atoms with Gasteiger partial charge in [0.05, 0.1) is 12.8 Å². The van der Waals surface area contributed by atoms with Crippen molar-refractivity contribution in [3.63, 3.8) is 0 Å². The van der Waals surface area contributed by atoms with Crippen LogP contribution in [0.15, 0.2) is 48.5 Å². The zero-order valence-electron chi connectivity index (χ0n) is 14.8. The Kier molecular flexibility index (Phi) is 6.75. The largest absolute Gasteiger partial charge is 0.481 e. The molecule has 2 N–H and O–H groups in total. The van der Waals surface area contributed by atoms with E-state index >= 15 is 0 Å². The van der Waals surface area contributed by atoms with Gasteiger partial charge < -0.3 is 10.4 Å². The summed E-state index contributed by atoms with van der Waals surface area (Å²) in [4.78, 5) is 23.4. The molecule has 0 saturated heterocycles. The standard InChI is InChI=1S/C21H25NO3/c1-15-8-9-18(12-16(15)2)13-20(23)22-19(14-21(24)25)11-10-17-6-4-3-5-7-17/h3-9,12,19H,10-11,13-14H2,1-2H3,(H,22,23)(H,24,25)/t19-/m0/s1. The molecule has 0 bridgehead atoms. The molecule has 4 nitrogen and oxygen atoms in total. The highest BCUT2D eigenvalue weighted by Gasteiger charge is 2.16. The quantitative estimate of drug-likeness (QED) is 0.774. The summed E-state index contributed by atoms with van der Waals surface area (Å²) in [5, 5.41) is 12.0. The molecule has 4 heteroatoms. The molecule has 0 aliphatic carbocycles. The highest BCUT2D eigenvalue weighted by molar-refractivity contribution is 5.79. The smallest absolute Gasteiger partial charge is 0.305 e. The zero-order valence-corrected chi connectivity index (χ0v) is 14.8. The lowest BCUT2D eigenvalue weighted by atomic mass is 10.0. The lowest BCUT2D eigenvalue weighted by Crippen LogP contribution is -2.37. The van der Waals surface area contributed by atoms with Crippen molar-refractivity contribution >= 4 is 11.9 Å². The molecular weight excluding hydrogens is 314 g/mol. The maximum Gasteiger partial charge on any atom is 0.305 e. The highest BCUT2D eigenvalue weighted by atomic mass is 16.4. The van der Waals surface area contributed by atoms with E-state index in [1.807, 2.05) is 62.4 Å². The van der Waals surface area contributed by atoms with Gasteiger partial charge in [0.15, 0.2) is 0 Å². The number of carboxylic acids is 1. The van der Waals surface area contributed by atoms with Crippen LogP contribution >= 0.6 is 0 Å². The third kappa shape index (κ3) is 6.42. The van der Waals surface area contributed by atoms with Crippen molar-refractivity contribution in [3.8, 4) is 0 Å². The number of hydrogen-bond donors (Lipinski definition) is 2. The number of amides is 1. The van der Waals surface area contributed by atoms with Crippen LogP contribution in [0.2, 0.25) is 0 Å². The van der Waals surface area contributed by atoms with E-state index in [4.69, 9.17) is 5.11 Å². The fraction of sp³-hybridized carbons (Fsp3) is 0.333. The van der Waals surface area contributed by atoms with Crippen LogP contribution in [-0.4, -0.2) is 23.0 Å². The molecule has 0 spiro atoms. The van der Waals surface area contributed by atoms with Gasteiger partial charge in [-0.05, 0) is 48.9 Å². The molecule has 0 fully saturated rings. The van der Waals surface area contributed by atoms with Crippen LogP contribution in [0.1, 0.15) is 35.1 Å². The Balaban J connectivity index is 1.94. The van der Waals surface area contributed by atoms with Crippen LogP contribution in [0.5, 0.6) is 0 Å². The molecule has 1 atom stereocenters. The van der Waals surface area contributed by atoms with Gasteiger partial charge in [-0.1, -0.05) is 48.5 Å². The summed E-state index contributed by atoms with van der Waals surface area (Å²) in [5.74, 6) is -1.04. The number of aliphatic carboxylic acids is 1. The first kappa shape index (κ1) is 18.7. The van der Waals surface area contributed by atoms with Crippen LogP contribution in [0.3, 0.4) is 0 Å². The Labute approximate surface area is 148 Å². The summed E-state index contributed by atoms with van der Waals surface area (Å²) in [6, 6.07) is 15.5. The van der Waals surface area contributed by atoms with Crippen LogP contribution in [-0.2, 0) is 22.4 Å². The van der Waals surface area contributed by atoms with Crippen molar-refractivity contribution in [2.24, 2.45) is 0 Å². The van der Waals surface area contributed by atoms with E-state index in [-0.39, 0.29) is 24.8 Å². The van der Waals surface area contributed by atoms with Gasteiger partial charge in [0.2, 0.25) is 5.91 Å². The lowest BCUT2D eigenvalue weighted by molar-refractivity contribution is -0.137. The minimum absolute atomic E-state index is 0.0640. The first-order valence-corrected chi connectivity index (χ1v) is 8.55. The predicted octanol–water partition coefficient (Wildman–Crippen LogP) is 3.44. The molecule has 0 radical (unpaired) electrons. The fourth-order valence-electron chi connectivity index (χ4n) is 2.80. The van der Waals surface area contributed by atoms with E-state index < -0.39 is 5.97 Å². The molecule has 0 aliphatic heterocycles. The molecule has 0 heterocycles. The summed E-state index contributed by atoms with van der Waals surface area (Å²) in [6.07, 6.45) is 1.55. The maximum atomic E-state index is 12.3. The van der Waals surface area contributed by atoms with Gasteiger partial charge in [-0.3, -0.25) is 9.59 Å². The highest BCUT2D eigenvalue weighted by Crippen LogP contribution is 2.11. The van der Waals surface area contributed by atoms with Gasteiger partial charge in [0.1, 0.15) is 0 Å². The Bertz CT molecular complexity index is 725. The van der Waals surface area contributed by atoms with E-state index in [2.05, 4.69) is 5.32 Å². The average Bonchev–Trinajstić information content (AvgIpc) is 2.56. The molecule has 0 unspecified atom stereocenters. The Morgan fingerprint density at radius 3 is 2.36 bits per heavy atom. The van der Waals surface area contributed by atoms with Gasteiger partial charge in [0, 0.05) is 6.04 Å². The Hall–Kier alpha value is -2.62. The topological polar surface area (TPSA) is 66.4 Å². The second-order valence-corrected chi connectivity index (χ2v) is 6.48. The Morgan fingerprint density at radius 1 is 1.00 bits per heavy atom. The van der Waals surface area contributed by atoms with Crippen LogP contribution < -0.4 is 5.32 Å². The molecule has 25 heavy (non-hydrogen) atoms. The molecule has 2 aromatic carbocycles. The number of rotatable bonds is 8. The fourth-order valence-corrected chi connectivity index (χ4v) is 2.80. The minimum atomic E-state index is -0.899. The lowest BCUT2D eigenvalue weighted by Gasteiger charge is -2.17. The second-order valence-electron chi connectivity index (χ2n) is 6.48. The van der Waals surface area contributed by atoms with Crippen LogP contribution in [0.4, 0.5) is 0 Å². The molecule has 1 amide bonds. The predicted molar refractivity (Wildman–Crippen MR) is 98.6 cm³/mol. The maximum absolute atomic E-state index is 12.3. The summed E-state index contributed by atoms with van der Waals surface area (Å²) in [7, 11) is 0. The number of benzene rings is 2. The van der Waals surface area contributed by atoms with E-state index in [0.29, 0.717) is 6.42 Å². The van der Waals surface area contributed by atoms with E-state index in [1.165, 1.54) is 5.56 Å². The SMILES string of the molecule is Cc1ccc(CC(=O)N[C@@H](CCc2ccccc2)CC(=O)O)cc1C. The summed E-state index contributed by atoms with van der Waals surface area (Å²) in [5.41, 5.74) is 4.42. The third-order valence-corrected chi connectivity index (χ3v) is 4.35. The third-order valence-electron chi connectivity index (χ3n) is 4.35. The van der Waals surface area contributed by atoms with E-state index in [9.17, 15) is 9.59 Å². The van der Waals surface area contributed by atoms with Crippen molar-refractivity contribution in [1.29, 1.82) is 0 Å². The minimum Gasteiger partial charge on any atom is -0.481 e. The molecule has 2 rings (SSSR count). The van der Waals surface area contributed by atoms with Gasteiger partial charge in [-0.25, -0.2) is 0 Å². The average molecular weight is 339 g/mol. The van der Waals surface area contributed by atoms with Crippen molar-refractivity contribution in [3.05, 3.63) is 70.8 Å². The first-order valence-electron chi connectivity index (χ1n) is 8.55.